The molecule has 0 atom stereocenters. The van der Waals surface area contributed by atoms with Crippen molar-refractivity contribution < 1.29 is 4.74 Å². The van der Waals surface area contributed by atoms with E-state index in [1.54, 1.807) is 0 Å². The molecule has 0 aromatic heterocycles. The van der Waals surface area contributed by atoms with Crippen molar-refractivity contribution in [3.8, 4) is 5.75 Å². The third kappa shape index (κ3) is 5.59. The molecule has 0 saturated carbocycles. The minimum atomic E-state index is 0.667. The molecule has 0 unspecified atom stereocenters. The van der Waals surface area contributed by atoms with E-state index >= 15 is 0 Å². The van der Waals surface area contributed by atoms with Gasteiger partial charge in [0.15, 0.2) is 0 Å². The highest BCUT2D eigenvalue weighted by Crippen LogP contribution is 2.15. The van der Waals surface area contributed by atoms with Gasteiger partial charge in [0.2, 0.25) is 0 Å². The van der Waals surface area contributed by atoms with Gasteiger partial charge in [-0.25, -0.2) is 0 Å². The van der Waals surface area contributed by atoms with Gasteiger partial charge < -0.3 is 9.64 Å². The lowest BCUT2D eigenvalue weighted by atomic mass is 10.2. The first kappa shape index (κ1) is 17.3. The molecule has 1 saturated heterocycles. The average Bonchev–Trinajstić information content (AvgIpc) is 2.49. The van der Waals surface area contributed by atoms with Crippen LogP contribution in [0.2, 0.25) is 0 Å². The monoisotopic (exact) mass is 305 g/mol. The Balaban J connectivity index is 1.75. The number of hydrogen-bond donors (Lipinski definition) is 0. The van der Waals surface area contributed by atoms with Crippen LogP contribution in [0.5, 0.6) is 5.75 Å². The molecule has 22 heavy (non-hydrogen) atoms. The summed E-state index contributed by atoms with van der Waals surface area (Å²) in [7, 11) is 4.12. The van der Waals surface area contributed by atoms with Gasteiger partial charge in [0.25, 0.3) is 0 Å². The fourth-order valence-corrected chi connectivity index (χ4v) is 2.73. The highest BCUT2D eigenvalue weighted by molar-refractivity contribution is 5.27. The van der Waals surface area contributed by atoms with Crippen LogP contribution >= 0.6 is 0 Å². The minimum absolute atomic E-state index is 0.667. The second-order valence-electron chi connectivity index (χ2n) is 6.70. The first-order valence-electron chi connectivity index (χ1n) is 8.37. The van der Waals surface area contributed by atoms with E-state index in [1.165, 1.54) is 31.7 Å². The molecular weight excluding hydrogens is 274 g/mol. The predicted molar refractivity (Wildman–Crippen MR) is 92.5 cm³/mol. The molecule has 1 aromatic rings. The second-order valence-corrected chi connectivity index (χ2v) is 6.70. The molecule has 1 heterocycles. The van der Waals surface area contributed by atoms with Crippen LogP contribution < -0.4 is 4.74 Å². The molecule has 1 fully saturated rings. The molecular formula is C18H31N3O. The summed E-state index contributed by atoms with van der Waals surface area (Å²) < 4.78 is 5.74. The summed E-state index contributed by atoms with van der Waals surface area (Å²) in [6.45, 7) is 12.0. The van der Waals surface area contributed by atoms with Crippen molar-refractivity contribution in [3.05, 3.63) is 29.8 Å². The Bertz CT molecular complexity index is 422. The first-order chi connectivity index (χ1) is 10.5. The molecule has 4 heteroatoms. The van der Waals surface area contributed by atoms with Crippen molar-refractivity contribution in [2.24, 2.45) is 0 Å². The Morgan fingerprint density at radius 2 is 1.68 bits per heavy atom. The molecule has 0 radical (unpaired) electrons. The predicted octanol–water partition coefficient (Wildman–Crippen LogP) is 2.15. The van der Waals surface area contributed by atoms with Crippen molar-refractivity contribution in [3.63, 3.8) is 0 Å². The average molecular weight is 305 g/mol. The van der Waals surface area contributed by atoms with Crippen LogP contribution in [0.25, 0.3) is 0 Å². The molecule has 2 rings (SSSR count). The molecule has 0 spiro atoms. The summed E-state index contributed by atoms with van der Waals surface area (Å²) in [4.78, 5) is 7.23. The van der Waals surface area contributed by atoms with E-state index in [9.17, 15) is 0 Å². The zero-order valence-corrected chi connectivity index (χ0v) is 14.6. The summed E-state index contributed by atoms with van der Waals surface area (Å²) >= 11 is 0. The fourth-order valence-electron chi connectivity index (χ4n) is 2.73. The van der Waals surface area contributed by atoms with Crippen molar-refractivity contribution >= 4 is 0 Å². The van der Waals surface area contributed by atoms with Crippen molar-refractivity contribution in [1.82, 2.24) is 14.7 Å². The Kier molecular flexibility index (Phi) is 6.68. The summed E-state index contributed by atoms with van der Waals surface area (Å²) in [6, 6.07) is 9.24. The number of benzene rings is 1. The lowest BCUT2D eigenvalue weighted by Gasteiger charge is -2.36. The van der Waals surface area contributed by atoms with Gasteiger partial charge in [-0.3, -0.25) is 9.80 Å². The molecule has 1 aliphatic heterocycles. The third-order valence-electron chi connectivity index (χ3n) is 4.27. The molecule has 124 valence electrons. The standard InChI is InChI=1S/C18H31N3O/c1-16(2)21-11-9-20(10-12-21)15-17-5-7-18(8-6-17)22-14-13-19(3)4/h5-8,16H,9-15H2,1-4H3. The largest absolute Gasteiger partial charge is 0.492 e. The van der Waals surface area contributed by atoms with Crippen LogP contribution in [0.3, 0.4) is 0 Å². The zero-order chi connectivity index (χ0) is 15.9. The number of piperazine rings is 1. The molecule has 0 aliphatic carbocycles. The number of nitrogens with zero attached hydrogens (tertiary/aromatic N) is 3. The van der Waals surface area contributed by atoms with E-state index in [0.717, 1.165) is 25.4 Å². The SMILES string of the molecule is CC(C)N1CCN(Cc2ccc(OCCN(C)C)cc2)CC1. The van der Waals surface area contributed by atoms with E-state index in [4.69, 9.17) is 4.74 Å². The number of likely N-dealkylation sites (N-methyl/N-ethyl adjacent to an activating group) is 1. The second kappa shape index (κ2) is 8.51. The summed E-state index contributed by atoms with van der Waals surface area (Å²) in [5, 5.41) is 0. The van der Waals surface area contributed by atoms with Crippen molar-refractivity contribution in [1.29, 1.82) is 0 Å². The maximum atomic E-state index is 5.74. The van der Waals surface area contributed by atoms with Crippen LogP contribution in [-0.2, 0) is 6.54 Å². The van der Waals surface area contributed by atoms with Crippen LogP contribution in [0.4, 0.5) is 0 Å². The zero-order valence-electron chi connectivity index (χ0n) is 14.6. The number of ether oxygens (including phenoxy) is 1. The van der Waals surface area contributed by atoms with Crippen LogP contribution in [0.15, 0.2) is 24.3 Å². The molecule has 0 bridgehead atoms. The fraction of sp³-hybridized carbons (Fsp3) is 0.667. The third-order valence-corrected chi connectivity index (χ3v) is 4.27. The summed E-state index contributed by atoms with van der Waals surface area (Å²) in [6.07, 6.45) is 0. The van der Waals surface area contributed by atoms with Gasteiger partial charge in [-0.2, -0.15) is 0 Å². The van der Waals surface area contributed by atoms with Crippen LogP contribution in [-0.4, -0.2) is 74.2 Å². The molecule has 1 aromatic carbocycles. The van der Waals surface area contributed by atoms with Gasteiger partial charge in [0, 0.05) is 45.3 Å². The molecule has 1 aliphatic rings. The summed E-state index contributed by atoms with van der Waals surface area (Å²) in [5.41, 5.74) is 1.37. The normalized spacial score (nSPS) is 17.4. The first-order valence-corrected chi connectivity index (χ1v) is 8.37. The highest BCUT2D eigenvalue weighted by atomic mass is 16.5. The topological polar surface area (TPSA) is 19.0 Å². The smallest absolute Gasteiger partial charge is 0.119 e. The Labute approximate surface area is 135 Å². The van der Waals surface area contributed by atoms with E-state index in [1.807, 2.05) is 0 Å². The van der Waals surface area contributed by atoms with Gasteiger partial charge in [-0.05, 0) is 45.6 Å². The molecule has 0 N–H and O–H groups in total. The lowest BCUT2D eigenvalue weighted by Crippen LogP contribution is -2.48. The van der Waals surface area contributed by atoms with E-state index in [-0.39, 0.29) is 0 Å². The Morgan fingerprint density at radius 1 is 1.05 bits per heavy atom. The lowest BCUT2D eigenvalue weighted by molar-refractivity contribution is 0.104. The minimum Gasteiger partial charge on any atom is -0.492 e. The molecule has 0 amide bonds. The highest BCUT2D eigenvalue weighted by Gasteiger charge is 2.18. The van der Waals surface area contributed by atoms with Crippen LogP contribution in [0.1, 0.15) is 19.4 Å². The maximum Gasteiger partial charge on any atom is 0.119 e. The van der Waals surface area contributed by atoms with Gasteiger partial charge in [-0.1, -0.05) is 12.1 Å². The Hall–Kier alpha value is -1.10. The van der Waals surface area contributed by atoms with E-state index in [0.29, 0.717) is 6.04 Å². The number of hydrogen-bond acceptors (Lipinski definition) is 4. The maximum absolute atomic E-state index is 5.74. The van der Waals surface area contributed by atoms with Gasteiger partial charge >= 0.3 is 0 Å². The van der Waals surface area contributed by atoms with Gasteiger partial charge in [-0.15, -0.1) is 0 Å². The summed E-state index contributed by atoms with van der Waals surface area (Å²) in [5.74, 6) is 0.968. The van der Waals surface area contributed by atoms with Crippen LogP contribution in [0, 0.1) is 0 Å². The van der Waals surface area contributed by atoms with E-state index < -0.39 is 0 Å². The quantitative estimate of drug-likeness (QED) is 0.768. The van der Waals surface area contributed by atoms with Gasteiger partial charge in [0.05, 0.1) is 0 Å². The van der Waals surface area contributed by atoms with Crippen molar-refractivity contribution in [2.45, 2.75) is 26.4 Å². The van der Waals surface area contributed by atoms with Gasteiger partial charge in [0.1, 0.15) is 12.4 Å². The number of rotatable bonds is 7. The van der Waals surface area contributed by atoms with Crippen molar-refractivity contribution in [2.75, 3.05) is 53.4 Å². The molecule has 4 nitrogen and oxygen atoms in total. The Morgan fingerprint density at radius 3 is 2.23 bits per heavy atom. The van der Waals surface area contributed by atoms with E-state index in [2.05, 4.69) is 66.9 Å².